The van der Waals surface area contributed by atoms with Gasteiger partial charge in [-0.1, -0.05) is 18.5 Å². The average molecular weight is 334 g/mol. The van der Waals surface area contributed by atoms with E-state index in [0.717, 1.165) is 0 Å². The Morgan fingerprint density at radius 2 is 2.05 bits per heavy atom. The summed E-state index contributed by atoms with van der Waals surface area (Å²) in [6, 6.07) is 1.56. The van der Waals surface area contributed by atoms with Gasteiger partial charge < -0.3 is 9.72 Å². The number of halogens is 1. The molecule has 21 heavy (non-hydrogen) atoms. The van der Waals surface area contributed by atoms with Gasteiger partial charge in [-0.25, -0.2) is 8.42 Å². The van der Waals surface area contributed by atoms with Crippen molar-refractivity contribution in [2.24, 2.45) is 5.92 Å². The van der Waals surface area contributed by atoms with Gasteiger partial charge in [-0.05, 0) is 19.9 Å². The van der Waals surface area contributed by atoms with Crippen LogP contribution in [0.2, 0.25) is 5.02 Å². The van der Waals surface area contributed by atoms with Crippen molar-refractivity contribution in [3.8, 4) is 0 Å². The van der Waals surface area contributed by atoms with Crippen LogP contribution in [0.1, 0.15) is 32.8 Å². The molecule has 7 heteroatoms. The molecule has 1 fully saturated rings. The minimum atomic E-state index is -3.25. The van der Waals surface area contributed by atoms with Gasteiger partial charge in [-0.2, -0.15) is 0 Å². The molecule has 2 atom stereocenters. The highest BCUT2D eigenvalue weighted by molar-refractivity contribution is 7.92. The van der Waals surface area contributed by atoms with Crippen molar-refractivity contribution in [1.29, 1.82) is 0 Å². The lowest BCUT2D eigenvalue weighted by Gasteiger charge is -2.47. The van der Waals surface area contributed by atoms with Crippen LogP contribution in [0.3, 0.4) is 0 Å². The van der Waals surface area contributed by atoms with Crippen molar-refractivity contribution in [3.05, 3.63) is 33.2 Å². The molecule has 0 radical (unpaired) electrons. The maximum absolute atomic E-state index is 12.3. The Morgan fingerprint density at radius 1 is 1.43 bits per heavy atom. The molecule has 1 aromatic rings. The first-order valence-electron chi connectivity index (χ1n) is 6.72. The van der Waals surface area contributed by atoms with Crippen LogP contribution in [0.5, 0.6) is 0 Å². The largest absolute Gasteiger partial charge is 0.373 e. The number of sulfone groups is 1. The second kappa shape index (κ2) is 5.11. The van der Waals surface area contributed by atoms with Crippen LogP contribution in [0, 0.1) is 5.92 Å². The number of pyridine rings is 1. The third-order valence-electron chi connectivity index (χ3n) is 4.48. The maximum Gasteiger partial charge on any atom is 0.254 e. The van der Waals surface area contributed by atoms with Gasteiger partial charge in [0.25, 0.3) is 5.56 Å². The quantitative estimate of drug-likeness (QED) is 0.899. The molecule has 0 aromatic carbocycles. The Bertz CT molecular complexity index is 710. The van der Waals surface area contributed by atoms with Crippen LogP contribution in [0.4, 0.5) is 0 Å². The molecule has 0 unspecified atom stereocenters. The summed E-state index contributed by atoms with van der Waals surface area (Å²) in [6.07, 6.45) is 1.62. The normalized spacial score (nSPS) is 31.0. The first kappa shape index (κ1) is 16.5. The second-order valence-electron chi connectivity index (χ2n) is 6.27. The van der Waals surface area contributed by atoms with Crippen molar-refractivity contribution in [3.63, 3.8) is 0 Å². The highest BCUT2D eigenvalue weighted by Crippen LogP contribution is 2.47. The van der Waals surface area contributed by atoms with Gasteiger partial charge >= 0.3 is 0 Å². The number of aromatic amines is 1. The van der Waals surface area contributed by atoms with E-state index in [9.17, 15) is 13.2 Å². The molecule has 0 spiro atoms. The Hall–Kier alpha value is -0.850. The van der Waals surface area contributed by atoms with E-state index in [1.54, 1.807) is 26.8 Å². The molecule has 1 aromatic heterocycles. The lowest BCUT2D eigenvalue weighted by atomic mass is 9.76. The Morgan fingerprint density at radius 3 is 2.62 bits per heavy atom. The van der Waals surface area contributed by atoms with Gasteiger partial charge in [-0.15, -0.1) is 0 Å². The number of nitrogens with one attached hydrogen (secondary N) is 1. The van der Waals surface area contributed by atoms with Crippen molar-refractivity contribution < 1.29 is 13.2 Å². The summed E-state index contributed by atoms with van der Waals surface area (Å²) in [6.45, 7) is 5.12. The number of H-pyrrole nitrogens is 1. The molecule has 1 N–H and O–H groups in total. The van der Waals surface area contributed by atoms with E-state index in [4.69, 9.17) is 16.3 Å². The molecule has 0 bridgehead atoms. The van der Waals surface area contributed by atoms with Crippen LogP contribution in [-0.4, -0.2) is 31.0 Å². The Balaban J connectivity index is 2.67. The number of hydrogen-bond acceptors (Lipinski definition) is 4. The standard InChI is InChI=1S/C14H20ClNO4S/c1-9-7-21(18,19)13(2,3)8-14(9,20-4)11-5-10(15)6-16-12(11)17/h5-6,9H,7-8H2,1-4H3,(H,16,17)/t9-,14+/m0/s1. The van der Waals surface area contributed by atoms with Gasteiger partial charge in [-0.3, -0.25) is 4.79 Å². The monoisotopic (exact) mass is 333 g/mol. The summed E-state index contributed by atoms with van der Waals surface area (Å²) in [4.78, 5) is 14.8. The predicted octanol–water partition coefficient (Wildman–Crippen LogP) is 2.10. The van der Waals surface area contributed by atoms with E-state index in [0.29, 0.717) is 10.6 Å². The molecule has 0 saturated carbocycles. The van der Waals surface area contributed by atoms with Crippen molar-refractivity contribution >= 4 is 21.4 Å². The molecule has 0 amide bonds. The van der Waals surface area contributed by atoms with E-state index in [-0.39, 0.29) is 23.7 Å². The molecule has 1 aliphatic heterocycles. The Labute approximate surface area is 129 Å². The zero-order chi connectivity index (χ0) is 16.1. The van der Waals surface area contributed by atoms with Gasteiger partial charge in [0.05, 0.1) is 21.1 Å². The van der Waals surface area contributed by atoms with Gasteiger partial charge in [0, 0.05) is 25.6 Å². The fraction of sp³-hybridized carbons (Fsp3) is 0.643. The van der Waals surface area contributed by atoms with E-state index < -0.39 is 20.2 Å². The Kier molecular flexibility index (Phi) is 4.02. The van der Waals surface area contributed by atoms with Crippen LogP contribution < -0.4 is 5.56 Å². The summed E-state index contributed by atoms with van der Waals surface area (Å²) in [5, 5.41) is 0.388. The highest BCUT2D eigenvalue weighted by atomic mass is 35.5. The minimum Gasteiger partial charge on any atom is -0.373 e. The number of hydrogen-bond donors (Lipinski definition) is 1. The molecule has 1 aliphatic rings. The third kappa shape index (κ3) is 2.53. The van der Waals surface area contributed by atoms with E-state index >= 15 is 0 Å². The molecule has 118 valence electrons. The summed E-state index contributed by atoms with van der Waals surface area (Å²) in [7, 11) is -1.74. The first-order chi connectivity index (χ1) is 9.56. The number of aromatic nitrogens is 1. The molecule has 5 nitrogen and oxygen atoms in total. The lowest BCUT2D eigenvalue weighted by molar-refractivity contribution is -0.0713. The SMILES string of the molecule is CO[C@]1(c2cc(Cl)c[nH]c2=O)CC(C)(C)S(=O)(=O)C[C@@H]1C. The summed E-state index contributed by atoms with van der Waals surface area (Å²) >= 11 is 5.99. The van der Waals surface area contributed by atoms with E-state index in [1.165, 1.54) is 13.3 Å². The van der Waals surface area contributed by atoms with Crippen LogP contribution in [0.15, 0.2) is 17.1 Å². The number of ether oxygens (including phenoxy) is 1. The molecule has 2 rings (SSSR count). The topological polar surface area (TPSA) is 76.2 Å². The van der Waals surface area contributed by atoms with Crippen molar-refractivity contribution in [2.75, 3.05) is 12.9 Å². The highest BCUT2D eigenvalue weighted by Gasteiger charge is 2.54. The van der Waals surface area contributed by atoms with Crippen molar-refractivity contribution in [1.82, 2.24) is 4.98 Å². The average Bonchev–Trinajstić information content (AvgIpc) is 2.37. The van der Waals surface area contributed by atoms with Gasteiger partial charge in [0.2, 0.25) is 0 Å². The summed E-state index contributed by atoms with van der Waals surface area (Å²) < 4.78 is 29.4. The van der Waals surface area contributed by atoms with Gasteiger partial charge in [0.1, 0.15) is 5.60 Å². The van der Waals surface area contributed by atoms with Crippen LogP contribution in [0.25, 0.3) is 0 Å². The second-order valence-corrected chi connectivity index (χ2v) is 9.38. The maximum atomic E-state index is 12.3. The summed E-state index contributed by atoms with van der Waals surface area (Å²) in [5.74, 6) is -0.375. The fourth-order valence-electron chi connectivity index (χ4n) is 3.12. The van der Waals surface area contributed by atoms with E-state index in [1.807, 2.05) is 0 Å². The van der Waals surface area contributed by atoms with Crippen LogP contribution in [-0.2, 0) is 20.2 Å². The number of methoxy groups -OCH3 is 1. The van der Waals surface area contributed by atoms with Crippen molar-refractivity contribution in [2.45, 2.75) is 37.5 Å². The molecule has 1 saturated heterocycles. The van der Waals surface area contributed by atoms with Crippen LogP contribution >= 0.6 is 11.6 Å². The van der Waals surface area contributed by atoms with Gasteiger partial charge in [0.15, 0.2) is 9.84 Å². The molecular weight excluding hydrogens is 314 g/mol. The zero-order valence-corrected chi connectivity index (χ0v) is 14.1. The molecule has 2 heterocycles. The first-order valence-corrected chi connectivity index (χ1v) is 8.75. The summed E-state index contributed by atoms with van der Waals surface area (Å²) in [5.41, 5.74) is -0.885. The smallest absolute Gasteiger partial charge is 0.254 e. The minimum absolute atomic E-state index is 0.0280. The fourth-order valence-corrected chi connectivity index (χ4v) is 5.10. The lowest BCUT2D eigenvalue weighted by Crippen LogP contribution is -2.55. The number of rotatable bonds is 2. The third-order valence-corrected chi connectivity index (χ3v) is 7.47. The zero-order valence-electron chi connectivity index (χ0n) is 12.6. The molecular formula is C14H20ClNO4S. The predicted molar refractivity (Wildman–Crippen MR) is 82.4 cm³/mol. The molecule has 0 aliphatic carbocycles. The van der Waals surface area contributed by atoms with E-state index in [2.05, 4.69) is 4.98 Å².